The van der Waals surface area contributed by atoms with Crippen LogP contribution in [-0.4, -0.2) is 39.8 Å². The number of phosphoric acid groups is 1. The van der Waals surface area contributed by atoms with Crippen molar-refractivity contribution in [2.45, 2.75) is 6.92 Å². The molecule has 0 saturated heterocycles. The molecule has 84 valence electrons. The van der Waals surface area contributed by atoms with Crippen molar-refractivity contribution in [3.05, 3.63) is 12.4 Å². The van der Waals surface area contributed by atoms with Crippen molar-refractivity contribution in [1.82, 2.24) is 9.80 Å². The zero-order chi connectivity index (χ0) is 11.2. The quantitative estimate of drug-likeness (QED) is 0.676. The van der Waals surface area contributed by atoms with Gasteiger partial charge in [-0.15, -0.1) is 0 Å². The molecule has 1 heterocycles. The van der Waals surface area contributed by atoms with Crippen LogP contribution >= 0.6 is 7.82 Å². The number of rotatable bonds is 2. The van der Waals surface area contributed by atoms with Gasteiger partial charge in [0.1, 0.15) is 0 Å². The zero-order valence-corrected chi connectivity index (χ0v) is 8.89. The molecule has 0 spiro atoms. The van der Waals surface area contributed by atoms with E-state index in [0.717, 1.165) is 13.2 Å². The zero-order valence-electron chi connectivity index (χ0n) is 8.00. The molecule has 0 radical (unpaired) electrons. The highest BCUT2D eigenvalue weighted by Gasteiger charge is 2.12. The van der Waals surface area contributed by atoms with Crippen LogP contribution in [0.15, 0.2) is 12.4 Å². The van der Waals surface area contributed by atoms with Crippen molar-refractivity contribution in [2.24, 2.45) is 0 Å². The van der Waals surface area contributed by atoms with Crippen LogP contribution in [0.5, 0.6) is 0 Å². The second-order valence-electron chi connectivity index (χ2n) is 2.66. The van der Waals surface area contributed by atoms with E-state index in [9.17, 15) is 4.53 Å². The monoisotopic (exact) mass is 228 g/mol. The smallest absolute Gasteiger partial charge is 0.362 e. The number of hydrogen-bond donors (Lipinski definition) is 2. The Morgan fingerprint density at radius 1 is 1.57 bits per heavy atom. The Kier molecular flexibility index (Phi) is 5.71. The molecule has 0 aliphatic carbocycles. The topological polar surface area (TPSA) is 73.2 Å². The molecule has 14 heavy (non-hydrogen) atoms. The Morgan fingerprint density at radius 3 is 2.21 bits per heavy atom. The molecule has 0 unspecified atom stereocenters. The maximum Gasteiger partial charge on any atom is 0.500 e. The SMILES string of the molecule is CCN1C=CN(C)C1.O=P(O)(O)OF. The van der Waals surface area contributed by atoms with E-state index < -0.39 is 7.82 Å². The average Bonchev–Trinajstić information content (AvgIpc) is 2.51. The van der Waals surface area contributed by atoms with Crippen molar-refractivity contribution in [3.63, 3.8) is 0 Å². The summed E-state index contributed by atoms with van der Waals surface area (Å²) < 4.78 is 21.4. The normalized spacial score (nSPS) is 15.5. The van der Waals surface area contributed by atoms with Gasteiger partial charge in [-0.3, -0.25) is 0 Å². The molecular weight excluding hydrogens is 214 g/mol. The van der Waals surface area contributed by atoms with Crippen LogP contribution in [0.2, 0.25) is 0 Å². The molecule has 8 heteroatoms. The molecule has 1 rings (SSSR count). The second-order valence-corrected chi connectivity index (χ2v) is 3.78. The number of nitrogens with zero attached hydrogens (tertiary/aromatic N) is 2. The van der Waals surface area contributed by atoms with Gasteiger partial charge in [0.05, 0.1) is 6.67 Å². The maximum absolute atomic E-state index is 10.2. The molecule has 0 bridgehead atoms. The average molecular weight is 228 g/mol. The van der Waals surface area contributed by atoms with Crippen LogP contribution in [0.3, 0.4) is 0 Å². The molecule has 0 aromatic heterocycles. The van der Waals surface area contributed by atoms with E-state index in [4.69, 9.17) is 14.4 Å². The Morgan fingerprint density at radius 2 is 2.07 bits per heavy atom. The Labute approximate surface area is 81.7 Å². The van der Waals surface area contributed by atoms with Crippen molar-refractivity contribution in [2.75, 3.05) is 20.3 Å². The highest BCUT2D eigenvalue weighted by atomic mass is 31.2. The van der Waals surface area contributed by atoms with E-state index in [1.807, 2.05) is 0 Å². The minimum absolute atomic E-state index is 1.05. The third kappa shape index (κ3) is 6.85. The largest absolute Gasteiger partial charge is 0.500 e. The first-order valence-electron chi connectivity index (χ1n) is 3.87. The lowest BCUT2D eigenvalue weighted by Crippen LogP contribution is -2.21. The molecule has 0 aromatic rings. The highest BCUT2D eigenvalue weighted by Crippen LogP contribution is 2.35. The van der Waals surface area contributed by atoms with Gasteiger partial charge in [0.15, 0.2) is 0 Å². The van der Waals surface area contributed by atoms with Gasteiger partial charge in [-0.2, -0.15) is 0 Å². The van der Waals surface area contributed by atoms with E-state index >= 15 is 0 Å². The fraction of sp³-hybridized carbons (Fsp3) is 0.667. The van der Waals surface area contributed by atoms with E-state index in [0.29, 0.717) is 0 Å². The first kappa shape index (κ1) is 13.4. The summed E-state index contributed by atoms with van der Waals surface area (Å²) in [6, 6.07) is 0. The third-order valence-electron chi connectivity index (χ3n) is 1.43. The van der Waals surface area contributed by atoms with Crippen LogP contribution in [0.25, 0.3) is 0 Å². The van der Waals surface area contributed by atoms with Gasteiger partial charge in [-0.05, 0) is 11.4 Å². The van der Waals surface area contributed by atoms with E-state index in [-0.39, 0.29) is 0 Å². The van der Waals surface area contributed by atoms with Gasteiger partial charge >= 0.3 is 7.82 Å². The lowest BCUT2D eigenvalue weighted by atomic mass is 10.6. The highest BCUT2D eigenvalue weighted by molar-refractivity contribution is 7.46. The summed E-state index contributed by atoms with van der Waals surface area (Å²) in [6.45, 7) is 4.32. The van der Waals surface area contributed by atoms with Gasteiger partial charge in [0.25, 0.3) is 0 Å². The lowest BCUT2D eigenvalue weighted by Gasteiger charge is -2.14. The van der Waals surface area contributed by atoms with Gasteiger partial charge in [0, 0.05) is 26.0 Å². The summed E-state index contributed by atoms with van der Waals surface area (Å²) >= 11 is 0. The van der Waals surface area contributed by atoms with Gasteiger partial charge in [-0.25, -0.2) is 4.57 Å². The van der Waals surface area contributed by atoms with Crippen molar-refractivity contribution in [1.29, 1.82) is 0 Å². The Balaban J connectivity index is 0.000000255. The van der Waals surface area contributed by atoms with Crippen molar-refractivity contribution < 1.29 is 23.6 Å². The van der Waals surface area contributed by atoms with Crippen LogP contribution < -0.4 is 0 Å². The standard InChI is InChI=1S/C6H12N2.FH2O4P/c1-3-8-5-4-7(2)6-8;1-5-6(2,3)4/h4-5H,3,6H2,1-2H3;(H2,2,3,4). The second kappa shape index (κ2) is 5.98. The fourth-order valence-corrected chi connectivity index (χ4v) is 0.794. The number of hydrogen-bond acceptors (Lipinski definition) is 4. The summed E-state index contributed by atoms with van der Waals surface area (Å²) in [7, 11) is -2.74. The molecule has 1 aliphatic rings. The first-order chi connectivity index (χ1) is 6.39. The summed E-state index contributed by atoms with van der Waals surface area (Å²) in [5.74, 6) is 0. The van der Waals surface area contributed by atoms with E-state index in [1.54, 1.807) is 0 Å². The van der Waals surface area contributed by atoms with E-state index in [1.165, 1.54) is 0 Å². The van der Waals surface area contributed by atoms with Crippen LogP contribution in [0, 0.1) is 0 Å². The predicted octanol–water partition coefficient (Wildman–Crippen LogP) is 0.663. The summed E-state index contributed by atoms with van der Waals surface area (Å²) in [4.78, 5) is 19.1. The van der Waals surface area contributed by atoms with Gasteiger partial charge in [-0.1, -0.05) is 4.73 Å². The number of halogens is 1. The molecule has 0 aromatic carbocycles. The Hall–Kier alpha value is -0.620. The van der Waals surface area contributed by atoms with Crippen molar-refractivity contribution in [3.8, 4) is 0 Å². The molecule has 0 amide bonds. The predicted molar refractivity (Wildman–Crippen MR) is 48.4 cm³/mol. The van der Waals surface area contributed by atoms with E-state index in [2.05, 4.69) is 40.9 Å². The van der Waals surface area contributed by atoms with Crippen molar-refractivity contribution >= 4 is 7.82 Å². The molecule has 6 nitrogen and oxygen atoms in total. The minimum atomic E-state index is -4.81. The molecule has 0 atom stereocenters. The molecule has 0 saturated carbocycles. The lowest BCUT2D eigenvalue weighted by molar-refractivity contribution is -0.0389. The van der Waals surface area contributed by atoms with Gasteiger partial charge < -0.3 is 19.6 Å². The molecule has 0 fully saturated rings. The molecular formula is C6H14FN2O4P. The van der Waals surface area contributed by atoms with Crippen LogP contribution in [-0.2, 0) is 9.29 Å². The summed E-state index contributed by atoms with van der Waals surface area (Å²) in [5, 5.41) is 0. The van der Waals surface area contributed by atoms with Crippen LogP contribution in [0.1, 0.15) is 6.92 Å². The summed E-state index contributed by atoms with van der Waals surface area (Å²) in [5.41, 5.74) is 0. The fourth-order valence-electron chi connectivity index (χ4n) is 0.794. The summed E-state index contributed by atoms with van der Waals surface area (Å²) in [6.07, 6.45) is 4.20. The Bertz CT molecular complexity index is 232. The molecule has 1 aliphatic heterocycles. The molecule has 2 N–H and O–H groups in total. The first-order valence-corrected chi connectivity index (χ1v) is 5.40. The van der Waals surface area contributed by atoms with Crippen LogP contribution in [0.4, 0.5) is 4.53 Å². The maximum atomic E-state index is 10.2. The third-order valence-corrected chi connectivity index (χ3v) is 1.61. The minimum Gasteiger partial charge on any atom is -0.362 e. The van der Waals surface area contributed by atoms with Gasteiger partial charge in [0.2, 0.25) is 0 Å².